The van der Waals surface area contributed by atoms with E-state index in [1.807, 2.05) is 24.3 Å². The fourth-order valence-corrected chi connectivity index (χ4v) is 3.58. The Morgan fingerprint density at radius 2 is 1.81 bits per heavy atom. The van der Waals surface area contributed by atoms with Crippen LogP contribution in [0.25, 0.3) is 0 Å². The number of hydrogen-bond acceptors (Lipinski definition) is 5. The monoisotopic (exact) mass is 426 g/mol. The zero-order valence-electron chi connectivity index (χ0n) is 18.1. The highest BCUT2D eigenvalue weighted by Crippen LogP contribution is 2.28. The van der Waals surface area contributed by atoms with E-state index in [0.29, 0.717) is 35.8 Å². The first-order valence-corrected chi connectivity index (χ1v) is 10.5. The molecule has 3 N–H and O–H groups in total. The molecular formula is C23H30N4O4. The number of amides is 3. The lowest BCUT2D eigenvalue weighted by atomic mass is 10.1. The van der Waals surface area contributed by atoms with Crippen molar-refractivity contribution in [2.75, 3.05) is 56.0 Å². The number of para-hydroxylation sites is 2. The lowest BCUT2D eigenvalue weighted by molar-refractivity contribution is 0.0949. The molecule has 0 aromatic heterocycles. The molecule has 2 aromatic carbocycles. The maximum absolute atomic E-state index is 12.9. The normalized spacial score (nSPS) is 13.0. The second-order valence-electron chi connectivity index (χ2n) is 7.31. The van der Waals surface area contributed by atoms with Crippen LogP contribution < -0.4 is 25.6 Å². The Morgan fingerprint density at radius 3 is 2.55 bits per heavy atom. The standard InChI is InChI=1S/C23H30N4O4/c1-30-15-7-12-24-22(28)18-16-17(10-11-20(18)27-13-5-6-14-27)25-23(29)26-19-8-3-4-9-21(19)31-2/h3-4,8-11,16H,5-7,12-15H2,1-2H3,(H,24,28)(H2,25,26,29). The third kappa shape index (κ3) is 6.11. The van der Waals surface area contributed by atoms with Crippen LogP contribution in [-0.4, -0.2) is 52.4 Å². The van der Waals surface area contributed by atoms with Gasteiger partial charge in [-0.1, -0.05) is 12.1 Å². The maximum atomic E-state index is 12.9. The molecule has 1 saturated heterocycles. The van der Waals surface area contributed by atoms with Gasteiger partial charge in [0.25, 0.3) is 5.91 Å². The zero-order valence-corrected chi connectivity index (χ0v) is 18.1. The highest BCUT2D eigenvalue weighted by Gasteiger charge is 2.20. The molecule has 0 unspecified atom stereocenters. The van der Waals surface area contributed by atoms with E-state index in [4.69, 9.17) is 9.47 Å². The average molecular weight is 427 g/mol. The van der Waals surface area contributed by atoms with Crippen LogP contribution in [0.3, 0.4) is 0 Å². The van der Waals surface area contributed by atoms with E-state index in [9.17, 15) is 9.59 Å². The molecule has 0 radical (unpaired) electrons. The fourth-order valence-electron chi connectivity index (χ4n) is 3.58. The summed E-state index contributed by atoms with van der Waals surface area (Å²) in [6.07, 6.45) is 2.95. The molecule has 166 valence electrons. The van der Waals surface area contributed by atoms with Gasteiger partial charge in [-0.2, -0.15) is 0 Å². The molecule has 1 aliphatic rings. The van der Waals surface area contributed by atoms with Crippen molar-refractivity contribution in [1.29, 1.82) is 0 Å². The Hall–Kier alpha value is -3.26. The smallest absolute Gasteiger partial charge is 0.323 e. The number of rotatable bonds is 9. The molecule has 31 heavy (non-hydrogen) atoms. The number of nitrogens with zero attached hydrogens (tertiary/aromatic N) is 1. The van der Waals surface area contributed by atoms with E-state index < -0.39 is 6.03 Å². The van der Waals surface area contributed by atoms with Crippen LogP contribution in [0.15, 0.2) is 42.5 Å². The Balaban J connectivity index is 1.74. The van der Waals surface area contributed by atoms with Gasteiger partial charge in [-0.3, -0.25) is 4.79 Å². The number of anilines is 3. The SMILES string of the molecule is COCCCNC(=O)c1cc(NC(=O)Nc2ccccc2OC)ccc1N1CCCC1. The second-order valence-corrected chi connectivity index (χ2v) is 7.31. The second kappa shape index (κ2) is 11.2. The molecule has 3 rings (SSSR count). The van der Waals surface area contributed by atoms with Crippen LogP contribution in [0.4, 0.5) is 21.9 Å². The van der Waals surface area contributed by atoms with E-state index in [1.54, 1.807) is 32.4 Å². The van der Waals surface area contributed by atoms with Gasteiger partial charge in [0.15, 0.2) is 0 Å². The molecule has 0 bridgehead atoms. The number of hydrogen-bond donors (Lipinski definition) is 3. The molecule has 0 saturated carbocycles. The van der Waals surface area contributed by atoms with Crippen molar-refractivity contribution in [1.82, 2.24) is 5.32 Å². The van der Waals surface area contributed by atoms with Crippen LogP contribution in [0, 0.1) is 0 Å². The molecule has 8 nitrogen and oxygen atoms in total. The van der Waals surface area contributed by atoms with Crippen LogP contribution in [0.1, 0.15) is 29.6 Å². The van der Waals surface area contributed by atoms with Gasteiger partial charge in [0.1, 0.15) is 5.75 Å². The van der Waals surface area contributed by atoms with E-state index in [2.05, 4.69) is 20.9 Å². The lowest BCUT2D eigenvalue weighted by Gasteiger charge is -2.22. The first-order valence-electron chi connectivity index (χ1n) is 10.5. The van der Waals surface area contributed by atoms with Gasteiger partial charge < -0.3 is 30.3 Å². The largest absolute Gasteiger partial charge is 0.495 e. The minimum atomic E-state index is -0.412. The van der Waals surface area contributed by atoms with E-state index >= 15 is 0 Å². The van der Waals surface area contributed by atoms with Crippen LogP contribution in [-0.2, 0) is 4.74 Å². The molecule has 3 amide bonds. The molecule has 1 heterocycles. The van der Waals surface area contributed by atoms with Gasteiger partial charge in [-0.05, 0) is 49.6 Å². The van der Waals surface area contributed by atoms with Gasteiger partial charge in [-0.15, -0.1) is 0 Å². The van der Waals surface area contributed by atoms with Crippen molar-refractivity contribution in [3.8, 4) is 5.75 Å². The zero-order chi connectivity index (χ0) is 22.1. The molecule has 0 spiro atoms. The fraction of sp³-hybridized carbons (Fsp3) is 0.391. The minimum absolute atomic E-state index is 0.160. The van der Waals surface area contributed by atoms with Crippen molar-refractivity contribution in [2.45, 2.75) is 19.3 Å². The predicted octanol–water partition coefficient (Wildman–Crippen LogP) is 3.71. The molecule has 0 aliphatic carbocycles. The van der Waals surface area contributed by atoms with Gasteiger partial charge in [0.2, 0.25) is 0 Å². The van der Waals surface area contributed by atoms with E-state index in [0.717, 1.165) is 38.0 Å². The number of urea groups is 1. The highest BCUT2D eigenvalue weighted by atomic mass is 16.5. The number of methoxy groups -OCH3 is 2. The number of nitrogens with one attached hydrogen (secondary N) is 3. The number of carbonyl (C=O) groups excluding carboxylic acids is 2. The third-order valence-electron chi connectivity index (χ3n) is 5.11. The van der Waals surface area contributed by atoms with Gasteiger partial charge in [0.05, 0.1) is 18.4 Å². The Morgan fingerprint density at radius 1 is 1.03 bits per heavy atom. The summed E-state index contributed by atoms with van der Waals surface area (Å²) < 4.78 is 10.3. The highest BCUT2D eigenvalue weighted by molar-refractivity contribution is 6.04. The van der Waals surface area contributed by atoms with E-state index in [1.165, 1.54) is 0 Å². The summed E-state index contributed by atoms with van der Waals surface area (Å²) in [7, 11) is 3.19. The van der Waals surface area contributed by atoms with Crippen molar-refractivity contribution < 1.29 is 19.1 Å². The molecule has 1 aliphatic heterocycles. The number of carbonyl (C=O) groups is 2. The van der Waals surface area contributed by atoms with Crippen LogP contribution >= 0.6 is 0 Å². The van der Waals surface area contributed by atoms with Gasteiger partial charge in [0, 0.05) is 44.7 Å². The quantitative estimate of drug-likeness (QED) is 0.532. The molecule has 1 fully saturated rings. The summed E-state index contributed by atoms with van der Waals surface area (Å²) in [6, 6.07) is 12.2. The lowest BCUT2D eigenvalue weighted by Crippen LogP contribution is -2.29. The summed E-state index contributed by atoms with van der Waals surface area (Å²) in [5, 5.41) is 8.53. The first-order chi connectivity index (χ1) is 15.1. The summed E-state index contributed by atoms with van der Waals surface area (Å²) in [5.41, 5.74) is 2.54. The molecule has 2 aromatic rings. The number of ether oxygens (including phenoxy) is 2. The Kier molecular flexibility index (Phi) is 8.12. The topological polar surface area (TPSA) is 91.9 Å². The van der Waals surface area contributed by atoms with Gasteiger partial charge in [-0.25, -0.2) is 4.79 Å². The summed E-state index contributed by atoms with van der Waals surface area (Å²) >= 11 is 0. The molecular weight excluding hydrogens is 396 g/mol. The van der Waals surface area contributed by atoms with Gasteiger partial charge >= 0.3 is 6.03 Å². The average Bonchev–Trinajstić information content (AvgIpc) is 3.31. The van der Waals surface area contributed by atoms with E-state index in [-0.39, 0.29) is 5.91 Å². The van der Waals surface area contributed by atoms with Crippen molar-refractivity contribution in [3.63, 3.8) is 0 Å². The number of benzene rings is 2. The summed E-state index contributed by atoms with van der Waals surface area (Å²) in [5.74, 6) is 0.407. The predicted molar refractivity (Wildman–Crippen MR) is 122 cm³/mol. The molecule has 8 heteroatoms. The minimum Gasteiger partial charge on any atom is -0.495 e. The Bertz CT molecular complexity index is 897. The van der Waals surface area contributed by atoms with Crippen molar-refractivity contribution in [2.24, 2.45) is 0 Å². The van der Waals surface area contributed by atoms with Crippen LogP contribution in [0.2, 0.25) is 0 Å². The summed E-state index contributed by atoms with van der Waals surface area (Å²) in [6.45, 7) is 2.96. The van der Waals surface area contributed by atoms with Crippen molar-refractivity contribution in [3.05, 3.63) is 48.0 Å². The van der Waals surface area contributed by atoms with Crippen molar-refractivity contribution >= 4 is 29.0 Å². The van der Waals surface area contributed by atoms with Crippen LogP contribution in [0.5, 0.6) is 5.75 Å². The molecule has 0 atom stereocenters. The first kappa shape index (κ1) is 22.4. The summed E-state index contributed by atoms with van der Waals surface area (Å²) in [4.78, 5) is 27.6. The third-order valence-corrected chi connectivity index (χ3v) is 5.11. The maximum Gasteiger partial charge on any atom is 0.323 e. The Labute approximate surface area is 182 Å².